The van der Waals surface area contributed by atoms with Crippen molar-refractivity contribution in [2.45, 2.75) is 4.90 Å². The molecule has 0 atom stereocenters. The van der Waals surface area contributed by atoms with Crippen LogP contribution in [0, 0.1) is 17.1 Å². The average molecular weight is 407 g/mol. The largest absolute Gasteiger partial charge is 0.504 e. The third kappa shape index (κ3) is 2.92. The zero-order valence-electron chi connectivity index (χ0n) is 15.2. The molecule has 1 aromatic heterocycles. The summed E-state index contributed by atoms with van der Waals surface area (Å²) in [4.78, 5) is -1.15. The summed E-state index contributed by atoms with van der Waals surface area (Å²) in [6.45, 7) is 0. The minimum Gasteiger partial charge on any atom is -0.504 e. The Morgan fingerprint density at radius 3 is 2.45 bits per heavy atom. The summed E-state index contributed by atoms with van der Waals surface area (Å²) in [5.41, 5.74) is 0.677. The minimum absolute atomic E-state index is 0.0181. The molecule has 0 saturated carbocycles. The van der Waals surface area contributed by atoms with Gasteiger partial charge in [0.1, 0.15) is 17.6 Å². The Hall–Kier alpha value is -3.70. The van der Waals surface area contributed by atoms with Crippen molar-refractivity contribution in [1.82, 2.24) is 9.78 Å². The number of hydrogen-bond donors (Lipinski definition) is 1. The fourth-order valence-electron chi connectivity index (χ4n) is 3.30. The van der Waals surface area contributed by atoms with Crippen LogP contribution in [0.2, 0.25) is 0 Å². The molecule has 0 aliphatic rings. The molecule has 0 amide bonds. The van der Waals surface area contributed by atoms with E-state index in [4.69, 9.17) is 0 Å². The topological polar surface area (TPSA) is 96.0 Å². The van der Waals surface area contributed by atoms with Crippen molar-refractivity contribution in [2.75, 3.05) is 0 Å². The van der Waals surface area contributed by atoms with E-state index in [1.807, 2.05) is 30.3 Å². The fourth-order valence-corrected chi connectivity index (χ4v) is 4.50. The van der Waals surface area contributed by atoms with Gasteiger partial charge in [0, 0.05) is 17.8 Å². The van der Waals surface area contributed by atoms with Gasteiger partial charge in [0.25, 0.3) is 0 Å². The maximum absolute atomic E-state index is 13.2. The predicted octanol–water partition coefficient (Wildman–Crippen LogP) is 4.09. The van der Waals surface area contributed by atoms with Gasteiger partial charge in [-0.25, -0.2) is 12.8 Å². The quantitative estimate of drug-likeness (QED) is 0.313. The first-order chi connectivity index (χ1) is 13.8. The molecule has 0 spiro atoms. The second kappa shape index (κ2) is 6.72. The Balaban J connectivity index is 1.99. The minimum atomic E-state index is -4.36. The second-order valence-electron chi connectivity index (χ2n) is 6.40. The first-order valence-corrected chi connectivity index (χ1v) is 10.0. The molecule has 3 aromatic carbocycles. The average Bonchev–Trinajstić information content (AvgIpc) is 3.05. The van der Waals surface area contributed by atoms with E-state index in [0.29, 0.717) is 10.9 Å². The monoisotopic (exact) mass is 407 g/mol. The van der Waals surface area contributed by atoms with E-state index in [1.54, 1.807) is 19.2 Å². The number of nitrogens with zero attached hydrogens (tertiary/aromatic N) is 3. The predicted molar refractivity (Wildman–Crippen MR) is 107 cm³/mol. The smallest absolute Gasteiger partial charge is 0.220 e. The highest BCUT2D eigenvalue weighted by Crippen LogP contribution is 2.32. The van der Waals surface area contributed by atoms with Crippen molar-refractivity contribution in [2.24, 2.45) is 7.05 Å². The van der Waals surface area contributed by atoms with Crippen LogP contribution in [0.4, 0.5) is 4.39 Å². The molecule has 0 fully saturated rings. The Morgan fingerprint density at radius 1 is 1.07 bits per heavy atom. The summed E-state index contributed by atoms with van der Waals surface area (Å²) in [5.74, 6) is -1.36. The summed E-state index contributed by atoms with van der Waals surface area (Å²) >= 11 is 0. The Morgan fingerprint density at radius 2 is 1.76 bits per heavy atom. The molecular formula is C21H14FN3O3S. The number of benzene rings is 3. The van der Waals surface area contributed by atoms with E-state index < -0.39 is 26.3 Å². The van der Waals surface area contributed by atoms with Gasteiger partial charge in [-0.15, -0.1) is 0 Å². The van der Waals surface area contributed by atoms with Crippen LogP contribution in [-0.2, 0) is 16.9 Å². The van der Waals surface area contributed by atoms with Crippen LogP contribution < -0.4 is 0 Å². The van der Waals surface area contributed by atoms with Crippen LogP contribution in [0.3, 0.4) is 0 Å². The first-order valence-electron chi connectivity index (χ1n) is 8.53. The normalized spacial score (nSPS) is 12.7. The maximum atomic E-state index is 13.2. The number of halogens is 1. The van der Waals surface area contributed by atoms with E-state index in [1.165, 1.54) is 4.68 Å². The van der Waals surface area contributed by atoms with Crippen LogP contribution in [-0.4, -0.2) is 23.3 Å². The summed E-state index contributed by atoms with van der Waals surface area (Å²) in [7, 11) is -2.69. The molecule has 0 saturated heterocycles. The number of aliphatic hydroxyl groups is 1. The molecular weight excluding hydrogens is 393 g/mol. The molecule has 0 radical (unpaired) electrons. The van der Waals surface area contributed by atoms with Gasteiger partial charge in [-0.1, -0.05) is 30.3 Å². The lowest BCUT2D eigenvalue weighted by atomic mass is 10.1. The van der Waals surface area contributed by atoms with E-state index in [2.05, 4.69) is 5.10 Å². The number of fused-ring (bicyclic) bond motifs is 3. The summed E-state index contributed by atoms with van der Waals surface area (Å²) in [6, 6.07) is 16.7. The second-order valence-corrected chi connectivity index (χ2v) is 8.29. The summed E-state index contributed by atoms with van der Waals surface area (Å²) < 4.78 is 40.4. The van der Waals surface area contributed by atoms with E-state index >= 15 is 0 Å². The van der Waals surface area contributed by atoms with Crippen molar-refractivity contribution in [3.05, 3.63) is 77.1 Å². The third-order valence-corrected chi connectivity index (χ3v) is 6.38. The van der Waals surface area contributed by atoms with Gasteiger partial charge in [-0.2, -0.15) is 10.4 Å². The lowest BCUT2D eigenvalue weighted by molar-refractivity contribution is 0.505. The van der Waals surface area contributed by atoms with Crippen molar-refractivity contribution < 1.29 is 17.9 Å². The molecule has 4 aromatic rings. The molecule has 4 rings (SSSR count). The third-order valence-electron chi connectivity index (χ3n) is 4.66. The Kier molecular flexibility index (Phi) is 4.32. The summed E-state index contributed by atoms with van der Waals surface area (Å²) in [5, 5.41) is 26.8. The molecule has 0 aliphatic carbocycles. The van der Waals surface area contributed by atoms with Gasteiger partial charge in [0.2, 0.25) is 9.84 Å². The number of aromatic nitrogens is 2. The summed E-state index contributed by atoms with van der Waals surface area (Å²) in [6.07, 6.45) is 0. The van der Waals surface area contributed by atoms with Crippen LogP contribution in [0.15, 0.2) is 70.5 Å². The Bertz CT molecular complexity index is 1450. The Labute approximate surface area is 165 Å². The molecule has 8 heteroatoms. The molecule has 29 heavy (non-hydrogen) atoms. The molecule has 0 bridgehead atoms. The van der Waals surface area contributed by atoms with Gasteiger partial charge in [0.05, 0.1) is 10.4 Å². The molecule has 6 nitrogen and oxygen atoms in total. The van der Waals surface area contributed by atoms with Crippen LogP contribution in [0.1, 0.15) is 5.69 Å². The van der Waals surface area contributed by atoms with Gasteiger partial charge in [-0.3, -0.25) is 4.68 Å². The zero-order chi connectivity index (χ0) is 20.8. The van der Waals surface area contributed by atoms with Gasteiger partial charge >= 0.3 is 0 Å². The SMILES string of the molecule is Cn1nc(/C(O)=C(/C#N)S(=O)(=O)c2ccc(F)cc2)c2ccc3ccccc3c21. The van der Waals surface area contributed by atoms with Crippen molar-refractivity contribution in [1.29, 1.82) is 5.26 Å². The highest BCUT2D eigenvalue weighted by molar-refractivity contribution is 7.95. The molecule has 1 heterocycles. The number of aryl methyl sites for hydroxylation is 1. The molecule has 0 aliphatic heterocycles. The molecule has 1 N–H and O–H groups in total. The van der Waals surface area contributed by atoms with E-state index in [0.717, 1.165) is 35.0 Å². The van der Waals surface area contributed by atoms with Gasteiger partial charge in [0.15, 0.2) is 10.7 Å². The van der Waals surface area contributed by atoms with E-state index in [9.17, 15) is 23.2 Å². The van der Waals surface area contributed by atoms with Crippen molar-refractivity contribution in [3.63, 3.8) is 0 Å². The standard InChI is InChI=1S/C21H14FN3O3S/c1-25-20-16-5-3-2-4-13(16)6-11-17(20)19(24-25)21(26)18(12-23)29(27,28)15-9-7-14(22)8-10-15/h2-11,26H,1H3/b21-18+. The highest BCUT2D eigenvalue weighted by atomic mass is 32.2. The molecule has 144 valence electrons. The van der Waals surface area contributed by atoms with Crippen LogP contribution in [0.25, 0.3) is 27.4 Å². The van der Waals surface area contributed by atoms with Crippen LogP contribution in [0.5, 0.6) is 0 Å². The first kappa shape index (κ1) is 18.7. The number of allylic oxidation sites excluding steroid dienone is 1. The van der Waals surface area contributed by atoms with Gasteiger partial charge < -0.3 is 5.11 Å². The fraction of sp³-hybridized carbons (Fsp3) is 0.0476. The number of nitriles is 1. The van der Waals surface area contributed by atoms with Crippen LogP contribution >= 0.6 is 0 Å². The van der Waals surface area contributed by atoms with Crippen molar-refractivity contribution in [3.8, 4) is 6.07 Å². The zero-order valence-corrected chi connectivity index (χ0v) is 16.0. The number of sulfone groups is 1. The molecule has 0 unspecified atom stereocenters. The number of hydrogen-bond acceptors (Lipinski definition) is 5. The lowest BCUT2D eigenvalue weighted by Crippen LogP contribution is -2.07. The highest BCUT2D eigenvalue weighted by Gasteiger charge is 2.28. The number of aliphatic hydroxyl groups excluding tert-OH is 1. The van der Waals surface area contributed by atoms with Crippen molar-refractivity contribution >= 4 is 37.3 Å². The van der Waals surface area contributed by atoms with E-state index in [-0.39, 0.29) is 10.6 Å². The van der Waals surface area contributed by atoms with Gasteiger partial charge in [-0.05, 0) is 35.7 Å². The lowest BCUT2D eigenvalue weighted by Gasteiger charge is -2.05. The maximum Gasteiger partial charge on any atom is 0.220 e. The number of rotatable bonds is 3.